The maximum absolute atomic E-state index is 9.51. The third-order valence-corrected chi connectivity index (χ3v) is 5.49. The van der Waals surface area contributed by atoms with E-state index in [0.29, 0.717) is 0 Å². The van der Waals surface area contributed by atoms with Crippen molar-refractivity contribution in [2.24, 2.45) is 0 Å². The van der Waals surface area contributed by atoms with E-state index >= 15 is 0 Å². The first-order valence-corrected chi connectivity index (χ1v) is 9.39. The van der Waals surface area contributed by atoms with Gasteiger partial charge in [-0.3, -0.25) is 10.2 Å². The minimum Gasteiger partial charge on any atom is -0.496 e. The van der Waals surface area contributed by atoms with Crippen LogP contribution in [0.4, 0.5) is 0 Å². The van der Waals surface area contributed by atoms with Crippen molar-refractivity contribution < 1.29 is 9.84 Å². The lowest BCUT2D eigenvalue weighted by atomic mass is 9.97. The number of nitrogens with one attached hydrogen (secondary N) is 1. The van der Waals surface area contributed by atoms with Crippen LogP contribution in [-0.2, 0) is 12.8 Å². The molecule has 0 aromatic heterocycles. The molecule has 25 heavy (non-hydrogen) atoms. The second-order valence-electron chi connectivity index (χ2n) is 6.47. The van der Waals surface area contributed by atoms with E-state index in [0.717, 1.165) is 29.6 Å². The van der Waals surface area contributed by atoms with Crippen molar-refractivity contribution in [1.29, 1.82) is 0 Å². The Morgan fingerprint density at radius 1 is 1.20 bits per heavy atom. The van der Waals surface area contributed by atoms with Gasteiger partial charge in [-0.15, -0.1) is 0 Å². The van der Waals surface area contributed by atoms with E-state index in [1.807, 2.05) is 12.1 Å². The molecule has 2 unspecified atom stereocenters. The minimum atomic E-state index is 0.151. The zero-order valence-corrected chi connectivity index (χ0v) is 16.3. The molecular formula is C20H25BrN2O2. The Balaban J connectivity index is 1.79. The van der Waals surface area contributed by atoms with Crippen molar-refractivity contribution in [3.05, 3.63) is 63.6 Å². The highest BCUT2D eigenvalue weighted by Crippen LogP contribution is 2.29. The molecule has 0 amide bonds. The molecule has 4 nitrogen and oxygen atoms in total. The van der Waals surface area contributed by atoms with Crippen molar-refractivity contribution in [2.75, 3.05) is 27.3 Å². The first-order chi connectivity index (χ1) is 12.1. The lowest BCUT2D eigenvalue weighted by molar-refractivity contribution is 0.158. The summed E-state index contributed by atoms with van der Waals surface area (Å²) in [5.41, 5.74) is 3.81. The van der Waals surface area contributed by atoms with E-state index in [9.17, 15) is 5.11 Å². The van der Waals surface area contributed by atoms with E-state index in [1.54, 1.807) is 7.11 Å². The highest BCUT2D eigenvalue weighted by molar-refractivity contribution is 9.10. The van der Waals surface area contributed by atoms with Crippen LogP contribution >= 0.6 is 15.9 Å². The van der Waals surface area contributed by atoms with Crippen molar-refractivity contribution >= 4 is 15.9 Å². The van der Waals surface area contributed by atoms with Crippen LogP contribution in [0.15, 0.2) is 46.9 Å². The first kappa shape index (κ1) is 18.4. The normalized spacial score (nSPS) is 20.8. The number of ether oxygens (including phenoxy) is 1. The molecule has 1 aliphatic rings. The molecule has 1 heterocycles. The van der Waals surface area contributed by atoms with E-state index in [2.05, 4.69) is 63.5 Å². The quantitative estimate of drug-likeness (QED) is 0.775. The number of rotatable bonds is 6. The number of hydrogen-bond acceptors (Lipinski definition) is 4. The van der Waals surface area contributed by atoms with Crippen molar-refractivity contribution in [3.8, 4) is 5.75 Å². The van der Waals surface area contributed by atoms with Gasteiger partial charge in [0, 0.05) is 17.1 Å². The van der Waals surface area contributed by atoms with E-state index < -0.39 is 0 Å². The smallest absolute Gasteiger partial charge is 0.122 e. The molecule has 2 N–H and O–H groups in total. The Bertz CT molecular complexity index is 723. The molecule has 2 aromatic rings. The Morgan fingerprint density at radius 3 is 2.68 bits per heavy atom. The van der Waals surface area contributed by atoms with Crippen molar-refractivity contribution in [3.63, 3.8) is 0 Å². The molecule has 0 bridgehead atoms. The van der Waals surface area contributed by atoms with E-state index in [1.165, 1.54) is 16.7 Å². The van der Waals surface area contributed by atoms with Gasteiger partial charge in [0.1, 0.15) is 5.75 Å². The molecule has 1 aliphatic heterocycles. The van der Waals surface area contributed by atoms with Gasteiger partial charge < -0.3 is 9.84 Å². The molecule has 0 radical (unpaired) electrons. The minimum absolute atomic E-state index is 0.151. The Kier molecular flexibility index (Phi) is 6.12. The third kappa shape index (κ3) is 4.06. The van der Waals surface area contributed by atoms with Crippen LogP contribution in [0, 0.1) is 0 Å². The maximum Gasteiger partial charge on any atom is 0.122 e. The summed E-state index contributed by atoms with van der Waals surface area (Å²) in [6.45, 7) is 0.989. The summed E-state index contributed by atoms with van der Waals surface area (Å²) in [4.78, 5) is 2.22. The zero-order chi connectivity index (χ0) is 17.8. The fourth-order valence-corrected chi connectivity index (χ4v) is 3.92. The number of aryl methyl sites for hydroxylation is 2. The number of aliphatic hydroxyl groups excluding tert-OH is 1. The number of methoxy groups -OCH3 is 1. The second-order valence-corrected chi connectivity index (χ2v) is 7.38. The molecule has 3 rings (SSSR count). The van der Waals surface area contributed by atoms with Crippen molar-refractivity contribution in [1.82, 2.24) is 10.2 Å². The van der Waals surface area contributed by atoms with E-state index in [-0.39, 0.29) is 18.8 Å². The number of nitrogens with zero attached hydrogens (tertiary/aromatic N) is 1. The Hall–Kier alpha value is -1.40. The molecule has 134 valence electrons. The molecule has 1 saturated heterocycles. The summed E-state index contributed by atoms with van der Waals surface area (Å²) < 4.78 is 6.56. The van der Waals surface area contributed by atoms with Crippen LogP contribution in [-0.4, -0.2) is 43.4 Å². The maximum atomic E-state index is 9.51. The predicted molar refractivity (Wildman–Crippen MR) is 104 cm³/mol. The Morgan fingerprint density at radius 2 is 1.96 bits per heavy atom. The first-order valence-electron chi connectivity index (χ1n) is 8.60. The fourth-order valence-electron chi connectivity index (χ4n) is 3.51. The van der Waals surface area contributed by atoms with Crippen LogP contribution in [0.25, 0.3) is 0 Å². The summed E-state index contributed by atoms with van der Waals surface area (Å²) in [5.74, 6) is 0.928. The summed E-state index contributed by atoms with van der Waals surface area (Å²) in [6.07, 6.45) is 2.01. The van der Waals surface area contributed by atoms with Crippen LogP contribution < -0.4 is 10.1 Å². The van der Waals surface area contributed by atoms with Gasteiger partial charge in [0.2, 0.25) is 0 Å². The topological polar surface area (TPSA) is 44.7 Å². The molecule has 1 fully saturated rings. The summed E-state index contributed by atoms with van der Waals surface area (Å²) >= 11 is 3.55. The van der Waals surface area contributed by atoms with Gasteiger partial charge in [-0.1, -0.05) is 40.2 Å². The standard InChI is InChI=1S/C20H25BrN2O2/c1-23-17(13-24)12-22-20(23)18-6-4-3-5-14(18)7-8-15-11-16(21)9-10-19(15)25-2/h3-6,9-11,17,20,22,24H,7-8,12-13H2,1-2H3. The van der Waals surface area contributed by atoms with Gasteiger partial charge in [0.15, 0.2) is 0 Å². The molecule has 0 saturated carbocycles. The molecule has 2 atom stereocenters. The Labute approximate surface area is 157 Å². The van der Waals surface area contributed by atoms with Gasteiger partial charge >= 0.3 is 0 Å². The molecule has 2 aromatic carbocycles. The van der Waals surface area contributed by atoms with Crippen LogP contribution in [0.2, 0.25) is 0 Å². The lowest BCUT2D eigenvalue weighted by Crippen LogP contribution is -2.32. The number of likely N-dealkylation sites (N-methyl/N-ethyl adjacent to an activating group) is 1. The van der Waals surface area contributed by atoms with E-state index in [4.69, 9.17) is 4.74 Å². The lowest BCUT2D eigenvalue weighted by Gasteiger charge is -2.25. The molecule has 5 heteroatoms. The SMILES string of the molecule is COc1ccc(Br)cc1CCc1ccccc1C1NCC(CO)N1C. The zero-order valence-electron chi connectivity index (χ0n) is 14.7. The number of halogens is 1. The largest absolute Gasteiger partial charge is 0.496 e. The van der Waals surface area contributed by atoms with Crippen LogP contribution in [0.1, 0.15) is 22.9 Å². The van der Waals surface area contributed by atoms with Crippen molar-refractivity contribution in [2.45, 2.75) is 25.0 Å². The third-order valence-electron chi connectivity index (χ3n) is 5.00. The van der Waals surface area contributed by atoms with Crippen LogP contribution in [0.5, 0.6) is 5.75 Å². The monoisotopic (exact) mass is 404 g/mol. The number of hydrogen-bond donors (Lipinski definition) is 2. The average molecular weight is 405 g/mol. The summed E-state index contributed by atoms with van der Waals surface area (Å²) in [5, 5.41) is 13.0. The number of aliphatic hydroxyl groups is 1. The molecule has 0 aliphatic carbocycles. The summed E-state index contributed by atoms with van der Waals surface area (Å²) in [6, 6.07) is 14.9. The highest BCUT2D eigenvalue weighted by Gasteiger charge is 2.31. The van der Waals surface area contributed by atoms with Gasteiger partial charge in [-0.05, 0) is 54.8 Å². The van der Waals surface area contributed by atoms with Crippen LogP contribution in [0.3, 0.4) is 0 Å². The highest BCUT2D eigenvalue weighted by atomic mass is 79.9. The number of benzene rings is 2. The second kappa shape index (κ2) is 8.32. The van der Waals surface area contributed by atoms with Gasteiger partial charge in [-0.25, -0.2) is 0 Å². The van der Waals surface area contributed by atoms with Gasteiger partial charge in [-0.2, -0.15) is 0 Å². The van der Waals surface area contributed by atoms with Gasteiger partial charge in [0.05, 0.1) is 19.9 Å². The average Bonchev–Trinajstić information content (AvgIpc) is 3.00. The predicted octanol–water partition coefficient (Wildman–Crippen LogP) is 3.14. The molecule has 0 spiro atoms. The fraction of sp³-hybridized carbons (Fsp3) is 0.400. The van der Waals surface area contributed by atoms with Gasteiger partial charge in [0.25, 0.3) is 0 Å². The molecular weight excluding hydrogens is 380 g/mol. The summed E-state index contributed by atoms with van der Waals surface area (Å²) in [7, 11) is 3.78.